The summed E-state index contributed by atoms with van der Waals surface area (Å²) in [5, 5.41) is 8.41. The molecule has 0 saturated carbocycles. The van der Waals surface area contributed by atoms with E-state index in [2.05, 4.69) is 0 Å². The van der Waals surface area contributed by atoms with Crippen molar-refractivity contribution in [1.82, 2.24) is 4.31 Å². The van der Waals surface area contributed by atoms with Crippen molar-refractivity contribution >= 4 is 16.0 Å². The van der Waals surface area contributed by atoms with Crippen LogP contribution in [0.3, 0.4) is 0 Å². The third-order valence-electron chi connectivity index (χ3n) is 1.97. The molecule has 108 valence electrons. The highest BCUT2D eigenvalue weighted by atomic mass is 32.2. The highest BCUT2D eigenvalue weighted by molar-refractivity contribution is 7.89. The van der Waals surface area contributed by atoms with Crippen LogP contribution in [0.15, 0.2) is 22.8 Å². The molecule has 1 aromatic heterocycles. The number of nitrogens with zero attached hydrogens (tertiary/aromatic N) is 1. The standard InChI is InChI=1S/C9H10F3NO5S/c10-9(11,12)6-13(4-7-2-1-3-18-7)19(16,17)5-8(14)15/h1-3H,4-6H2,(H,14,15). The molecule has 1 aromatic rings. The van der Waals surface area contributed by atoms with Crippen molar-refractivity contribution in [1.29, 1.82) is 0 Å². The Morgan fingerprint density at radius 2 is 2.05 bits per heavy atom. The molecule has 6 nitrogen and oxygen atoms in total. The monoisotopic (exact) mass is 301 g/mol. The van der Waals surface area contributed by atoms with Crippen LogP contribution in [0.2, 0.25) is 0 Å². The van der Waals surface area contributed by atoms with Crippen LogP contribution in [-0.2, 0) is 21.4 Å². The van der Waals surface area contributed by atoms with E-state index in [4.69, 9.17) is 9.52 Å². The molecule has 0 aliphatic rings. The molecular weight excluding hydrogens is 291 g/mol. The zero-order chi connectivity index (χ0) is 14.7. The van der Waals surface area contributed by atoms with Crippen molar-refractivity contribution < 1.29 is 35.9 Å². The predicted molar refractivity (Wildman–Crippen MR) is 56.6 cm³/mol. The molecule has 0 radical (unpaired) electrons. The van der Waals surface area contributed by atoms with E-state index in [-0.39, 0.29) is 10.1 Å². The van der Waals surface area contributed by atoms with Crippen LogP contribution in [0, 0.1) is 0 Å². The minimum absolute atomic E-state index is 0.0155. The second kappa shape index (κ2) is 5.61. The summed E-state index contributed by atoms with van der Waals surface area (Å²) in [6.07, 6.45) is -3.61. The molecule has 0 spiro atoms. The highest BCUT2D eigenvalue weighted by Gasteiger charge is 2.37. The first kappa shape index (κ1) is 15.5. The largest absolute Gasteiger partial charge is 0.480 e. The van der Waals surface area contributed by atoms with E-state index in [1.54, 1.807) is 0 Å². The van der Waals surface area contributed by atoms with Crippen molar-refractivity contribution in [2.75, 3.05) is 12.3 Å². The predicted octanol–water partition coefficient (Wildman–Crippen LogP) is 1.06. The summed E-state index contributed by atoms with van der Waals surface area (Å²) >= 11 is 0. The fourth-order valence-corrected chi connectivity index (χ4v) is 2.44. The van der Waals surface area contributed by atoms with E-state index >= 15 is 0 Å². The molecule has 0 aromatic carbocycles. The number of aliphatic carboxylic acids is 1. The Labute approximate surface area is 106 Å². The van der Waals surface area contributed by atoms with Gasteiger partial charge in [-0.25, -0.2) is 8.42 Å². The van der Waals surface area contributed by atoms with Gasteiger partial charge in [0.2, 0.25) is 10.0 Å². The molecule has 19 heavy (non-hydrogen) atoms. The smallest absolute Gasteiger partial charge is 0.402 e. The summed E-state index contributed by atoms with van der Waals surface area (Å²) in [7, 11) is -4.58. The number of hydrogen-bond donors (Lipinski definition) is 1. The van der Waals surface area contributed by atoms with Crippen LogP contribution in [0.5, 0.6) is 0 Å². The van der Waals surface area contributed by atoms with Gasteiger partial charge in [0.1, 0.15) is 12.3 Å². The summed E-state index contributed by atoms with van der Waals surface area (Å²) in [5.74, 6) is -3.16. The van der Waals surface area contributed by atoms with E-state index in [9.17, 15) is 26.4 Å². The molecule has 10 heteroatoms. The number of sulfonamides is 1. The minimum Gasteiger partial charge on any atom is -0.480 e. The van der Waals surface area contributed by atoms with Crippen molar-refractivity contribution in [2.45, 2.75) is 12.7 Å². The number of carboxylic acids is 1. The molecule has 0 bridgehead atoms. The lowest BCUT2D eigenvalue weighted by atomic mass is 10.4. The molecule has 0 aliphatic heterocycles. The molecule has 1 heterocycles. The lowest BCUT2D eigenvalue weighted by Gasteiger charge is -2.21. The maximum absolute atomic E-state index is 12.3. The van der Waals surface area contributed by atoms with Gasteiger partial charge in [-0.05, 0) is 12.1 Å². The molecular formula is C9H10F3NO5S. The molecule has 1 N–H and O–H groups in total. The van der Waals surface area contributed by atoms with Crippen LogP contribution in [0.1, 0.15) is 5.76 Å². The average molecular weight is 301 g/mol. The Morgan fingerprint density at radius 3 is 2.47 bits per heavy atom. The molecule has 0 aliphatic carbocycles. The van der Waals surface area contributed by atoms with Crippen LogP contribution >= 0.6 is 0 Å². The third-order valence-corrected chi connectivity index (χ3v) is 3.62. The van der Waals surface area contributed by atoms with Crippen LogP contribution < -0.4 is 0 Å². The van der Waals surface area contributed by atoms with Crippen LogP contribution in [0.25, 0.3) is 0 Å². The van der Waals surface area contributed by atoms with Gasteiger partial charge in [0.05, 0.1) is 12.8 Å². The van der Waals surface area contributed by atoms with Crippen molar-refractivity contribution in [3.05, 3.63) is 24.2 Å². The van der Waals surface area contributed by atoms with Gasteiger partial charge in [0, 0.05) is 0 Å². The summed E-state index contributed by atoms with van der Waals surface area (Å²) in [4.78, 5) is 10.4. The van der Waals surface area contributed by atoms with E-state index in [0.717, 1.165) is 0 Å². The Bertz CT molecular complexity index is 523. The van der Waals surface area contributed by atoms with Gasteiger partial charge in [0.15, 0.2) is 5.75 Å². The maximum atomic E-state index is 12.3. The van der Waals surface area contributed by atoms with Gasteiger partial charge in [-0.15, -0.1) is 0 Å². The Hall–Kier alpha value is -1.55. The normalized spacial score (nSPS) is 12.8. The van der Waals surface area contributed by atoms with E-state index in [1.165, 1.54) is 18.4 Å². The molecule has 0 fully saturated rings. The molecule has 0 amide bonds. The van der Waals surface area contributed by atoms with Crippen molar-refractivity contribution in [3.63, 3.8) is 0 Å². The quantitative estimate of drug-likeness (QED) is 0.848. The third kappa shape index (κ3) is 5.30. The van der Waals surface area contributed by atoms with E-state index in [0.29, 0.717) is 0 Å². The fraction of sp³-hybridized carbons (Fsp3) is 0.444. The van der Waals surface area contributed by atoms with Crippen LogP contribution in [0.4, 0.5) is 13.2 Å². The second-order valence-electron chi connectivity index (χ2n) is 3.61. The number of rotatable bonds is 6. The SMILES string of the molecule is O=C(O)CS(=O)(=O)N(Cc1ccco1)CC(F)(F)F. The topological polar surface area (TPSA) is 87.8 Å². The molecule has 0 unspecified atom stereocenters. The first-order chi connectivity index (χ1) is 8.60. The number of carbonyl (C=O) groups is 1. The maximum Gasteiger partial charge on any atom is 0.402 e. The summed E-state index contributed by atoms with van der Waals surface area (Å²) in [6, 6.07) is 2.67. The first-order valence-corrected chi connectivity index (χ1v) is 6.50. The number of carboxylic acid groups (broad SMARTS) is 1. The molecule has 0 saturated heterocycles. The summed E-state index contributed by atoms with van der Waals surface area (Å²) in [6.45, 7) is -2.45. The van der Waals surface area contributed by atoms with E-state index < -0.39 is 41.0 Å². The minimum atomic E-state index is -4.78. The van der Waals surface area contributed by atoms with Gasteiger partial charge >= 0.3 is 12.1 Å². The zero-order valence-corrected chi connectivity index (χ0v) is 10.2. The Morgan fingerprint density at radius 1 is 1.42 bits per heavy atom. The number of halogens is 3. The van der Waals surface area contributed by atoms with Crippen LogP contribution in [-0.4, -0.2) is 42.3 Å². The van der Waals surface area contributed by atoms with Crippen molar-refractivity contribution in [3.8, 4) is 0 Å². The highest BCUT2D eigenvalue weighted by Crippen LogP contribution is 2.21. The fourth-order valence-electron chi connectivity index (χ4n) is 1.28. The Kier molecular flexibility index (Phi) is 4.58. The van der Waals surface area contributed by atoms with E-state index in [1.807, 2.05) is 0 Å². The number of hydrogen-bond acceptors (Lipinski definition) is 4. The zero-order valence-electron chi connectivity index (χ0n) is 9.42. The lowest BCUT2D eigenvalue weighted by molar-refractivity contribution is -0.138. The molecule has 1 rings (SSSR count). The van der Waals surface area contributed by atoms with Gasteiger partial charge in [0.25, 0.3) is 0 Å². The second-order valence-corrected chi connectivity index (χ2v) is 5.58. The molecule has 0 atom stereocenters. The van der Waals surface area contributed by atoms with Gasteiger partial charge in [-0.2, -0.15) is 17.5 Å². The van der Waals surface area contributed by atoms with Gasteiger partial charge in [-0.3, -0.25) is 4.79 Å². The average Bonchev–Trinajstić information content (AvgIpc) is 2.65. The number of alkyl halides is 3. The van der Waals surface area contributed by atoms with Gasteiger partial charge < -0.3 is 9.52 Å². The number of furan rings is 1. The van der Waals surface area contributed by atoms with Crippen molar-refractivity contribution in [2.24, 2.45) is 0 Å². The summed E-state index contributed by atoms with van der Waals surface area (Å²) < 4.78 is 64.8. The first-order valence-electron chi connectivity index (χ1n) is 4.89. The van der Waals surface area contributed by atoms with Gasteiger partial charge in [-0.1, -0.05) is 0 Å². The summed E-state index contributed by atoms with van der Waals surface area (Å²) in [5.41, 5.74) is 0. The Balaban J connectivity index is 2.95. The lowest BCUT2D eigenvalue weighted by Crippen LogP contribution is -2.41.